The highest BCUT2D eigenvalue weighted by Crippen LogP contribution is 2.25. The van der Waals surface area contributed by atoms with Crippen LogP contribution >= 0.6 is 0 Å². The second kappa shape index (κ2) is 12.0. The van der Waals surface area contributed by atoms with E-state index >= 15 is 0 Å². The maximum Gasteiger partial charge on any atom is 0.247 e. The summed E-state index contributed by atoms with van der Waals surface area (Å²) in [6.07, 6.45) is 4.32. The number of benzene rings is 2. The van der Waals surface area contributed by atoms with Gasteiger partial charge >= 0.3 is 0 Å². The van der Waals surface area contributed by atoms with Gasteiger partial charge in [0.2, 0.25) is 11.8 Å². The number of carbonyl (C=O) groups is 2. The standard InChI is InChI=1S/C24H32N2O2/c1-3-5-12-18-25-24(28)23(21-16-10-7-11-17-21)26(22(27)13-4-2)19-20-14-8-6-9-15-20/h6-11,14-17,23H,3-5,12-13,18-19H2,1-2H3,(H,25,28)/t23-/m1/s1. The molecule has 150 valence electrons. The minimum atomic E-state index is -0.623. The highest BCUT2D eigenvalue weighted by atomic mass is 16.2. The van der Waals surface area contributed by atoms with Crippen LogP contribution in [0.15, 0.2) is 60.7 Å². The lowest BCUT2D eigenvalue weighted by Gasteiger charge is -2.31. The number of unbranched alkanes of at least 4 members (excludes halogenated alkanes) is 2. The second-order valence-corrected chi connectivity index (χ2v) is 7.07. The third-order valence-electron chi connectivity index (χ3n) is 4.73. The summed E-state index contributed by atoms with van der Waals surface area (Å²) in [6, 6.07) is 18.8. The molecule has 0 bridgehead atoms. The van der Waals surface area contributed by atoms with Gasteiger partial charge in [0, 0.05) is 19.5 Å². The van der Waals surface area contributed by atoms with Crippen molar-refractivity contribution in [2.75, 3.05) is 6.54 Å². The molecule has 0 radical (unpaired) electrons. The van der Waals surface area contributed by atoms with Gasteiger partial charge in [-0.15, -0.1) is 0 Å². The van der Waals surface area contributed by atoms with Crippen LogP contribution in [0.3, 0.4) is 0 Å². The van der Waals surface area contributed by atoms with Gasteiger partial charge in [-0.3, -0.25) is 9.59 Å². The monoisotopic (exact) mass is 380 g/mol. The minimum absolute atomic E-state index is 0.00362. The molecule has 0 aromatic heterocycles. The molecule has 0 heterocycles. The van der Waals surface area contributed by atoms with Crippen molar-refractivity contribution in [3.8, 4) is 0 Å². The topological polar surface area (TPSA) is 49.4 Å². The molecule has 1 atom stereocenters. The summed E-state index contributed by atoms with van der Waals surface area (Å²) in [7, 11) is 0. The van der Waals surface area contributed by atoms with Gasteiger partial charge in [-0.25, -0.2) is 0 Å². The molecule has 0 fully saturated rings. The Kier molecular flexibility index (Phi) is 9.26. The molecule has 0 spiro atoms. The number of hydrogen-bond donors (Lipinski definition) is 1. The Morgan fingerprint density at radius 2 is 1.54 bits per heavy atom. The average molecular weight is 381 g/mol. The van der Waals surface area contributed by atoms with Crippen LogP contribution in [-0.4, -0.2) is 23.3 Å². The summed E-state index contributed by atoms with van der Waals surface area (Å²) in [6.45, 7) is 5.18. The number of rotatable bonds is 11. The maximum absolute atomic E-state index is 13.1. The molecule has 2 aromatic carbocycles. The van der Waals surface area contributed by atoms with Crippen molar-refractivity contribution in [1.29, 1.82) is 0 Å². The maximum atomic E-state index is 13.1. The molecule has 28 heavy (non-hydrogen) atoms. The number of hydrogen-bond acceptors (Lipinski definition) is 2. The number of nitrogens with one attached hydrogen (secondary N) is 1. The Labute approximate surface area is 169 Å². The summed E-state index contributed by atoms with van der Waals surface area (Å²) in [5, 5.41) is 3.05. The molecular weight excluding hydrogens is 348 g/mol. The van der Waals surface area contributed by atoms with Crippen LogP contribution in [0.4, 0.5) is 0 Å². The molecule has 2 amide bonds. The van der Waals surface area contributed by atoms with Crippen LogP contribution in [0.25, 0.3) is 0 Å². The first kappa shape index (κ1) is 21.7. The predicted molar refractivity (Wildman–Crippen MR) is 114 cm³/mol. The highest BCUT2D eigenvalue weighted by molar-refractivity contribution is 5.88. The fourth-order valence-corrected chi connectivity index (χ4v) is 3.25. The zero-order valence-electron chi connectivity index (χ0n) is 17.1. The van der Waals surface area contributed by atoms with E-state index in [0.29, 0.717) is 19.5 Å². The average Bonchev–Trinajstić information content (AvgIpc) is 2.72. The van der Waals surface area contributed by atoms with E-state index < -0.39 is 6.04 Å². The molecule has 4 heteroatoms. The van der Waals surface area contributed by atoms with Crippen molar-refractivity contribution in [1.82, 2.24) is 10.2 Å². The first-order valence-electron chi connectivity index (χ1n) is 10.3. The fraction of sp³-hybridized carbons (Fsp3) is 0.417. The van der Waals surface area contributed by atoms with Crippen molar-refractivity contribution >= 4 is 11.8 Å². The van der Waals surface area contributed by atoms with E-state index in [0.717, 1.165) is 36.8 Å². The Balaban J connectivity index is 2.31. The molecule has 1 N–H and O–H groups in total. The van der Waals surface area contributed by atoms with E-state index in [4.69, 9.17) is 0 Å². The molecule has 0 saturated heterocycles. The van der Waals surface area contributed by atoms with Gasteiger partial charge < -0.3 is 10.2 Å². The lowest BCUT2D eigenvalue weighted by Crippen LogP contribution is -2.43. The summed E-state index contributed by atoms with van der Waals surface area (Å²) < 4.78 is 0. The Morgan fingerprint density at radius 1 is 0.893 bits per heavy atom. The van der Waals surface area contributed by atoms with E-state index in [-0.39, 0.29) is 11.8 Å². The molecule has 0 aliphatic heterocycles. The molecule has 2 aromatic rings. The lowest BCUT2D eigenvalue weighted by molar-refractivity contribution is -0.141. The van der Waals surface area contributed by atoms with Crippen LogP contribution in [0, 0.1) is 0 Å². The highest BCUT2D eigenvalue weighted by Gasteiger charge is 2.30. The molecular formula is C24H32N2O2. The lowest BCUT2D eigenvalue weighted by atomic mass is 10.0. The Hall–Kier alpha value is -2.62. The number of amides is 2. The zero-order chi connectivity index (χ0) is 20.2. The van der Waals surface area contributed by atoms with E-state index in [1.54, 1.807) is 4.90 Å². The quantitative estimate of drug-likeness (QED) is 0.566. The second-order valence-electron chi connectivity index (χ2n) is 7.07. The van der Waals surface area contributed by atoms with Gasteiger partial charge in [-0.2, -0.15) is 0 Å². The van der Waals surface area contributed by atoms with Crippen LogP contribution < -0.4 is 5.32 Å². The summed E-state index contributed by atoms with van der Waals surface area (Å²) in [5.74, 6) is -0.105. The number of carbonyl (C=O) groups excluding carboxylic acids is 2. The first-order chi connectivity index (χ1) is 13.7. The Morgan fingerprint density at radius 3 is 2.14 bits per heavy atom. The van der Waals surface area contributed by atoms with Crippen LogP contribution in [0.5, 0.6) is 0 Å². The molecule has 0 unspecified atom stereocenters. The third kappa shape index (κ3) is 6.52. The number of nitrogens with zero attached hydrogens (tertiary/aromatic N) is 1. The van der Waals surface area contributed by atoms with Gasteiger partial charge in [-0.1, -0.05) is 87.4 Å². The largest absolute Gasteiger partial charge is 0.354 e. The molecule has 0 saturated carbocycles. The SMILES string of the molecule is CCCCCNC(=O)[C@@H](c1ccccc1)N(Cc1ccccc1)C(=O)CCC. The van der Waals surface area contributed by atoms with Crippen molar-refractivity contribution in [3.05, 3.63) is 71.8 Å². The van der Waals surface area contributed by atoms with Crippen LogP contribution in [-0.2, 0) is 16.1 Å². The third-order valence-corrected chi connectivity index (χ3v) is 4.73. The van der Waals surface area contributed by atoms with Gasteiger partial charge in [0.05, 0.1) is 0 Å². The van der Waals surface area contributed by atoms with Crippen molar-refractivity contribution in [2.24, 2.45) is 0 Å². The van der Waals surface area contributed by atoms with Gasteiger partial charge in [0.15, 0.2) is 0 Å². The van der Waals surface area contributed by atoms with E-state index in [2.05, 4.69) is 12.2 Å². The summed E-state index contributed by atoms with van der Waals surface area (Å²) >= 11 is 0. The summed E-state index contributed by atoms with van der Waals surface area (Å²) in [5.41, 5.74) is 1.86. The van der Waals surface area contributed by atoms with E-state index in [9.17, 15) is 9.59 Å². The van der Waals surface area contributed by atoms with Crippen LogP contribution in [0.2, 0.25) is 0 Å². The molecule has 0 aliphatic rings. The van der Waals surface area contributed by atoms with Crippen molar-refractivity contribution < 1.29 is 9.59 Å². The minimum Gasteiger partial charge on any atom is -0.354 e. The van der Waals surface area contributed by atoms with Crippen molar-refractivity contribution in [2.45, 2.75) is 58.5 Å². The summed E-state index contributed by atoms with van der Waals surface area (Å²) in [4.78, 5) is 27.9. The van der Waals surface area contributed by atoms with Crippen LogP contribution in [0.1, 0.15) is 63.1 Å². The van der Waals surface area contributed by atoms with Gasteiger partial charge in [0.25, 0.3) is 0 Å². The fourth-order valence-electron chi connectivity index (χ4n) is 3.25. The van der Waals surface area contributed by atoms with Crippen molar-refractivity contribution in [3.63, 3.8) is 0 Å². The van der Waals surface area contributed by atoms with E-state index in [1.807, 2.05) is 67.6 Å². The molecule has 0 aliphatic carbocycles. The smallest absolute Gasteiger partial charge is 0.247 e. The zero-order valence-corrected chi connectivity index (χ0v) is 17.1. The predicted octanol–water partition coefficient (Wildman–Crippen LogP) is 4.86. The molecule has 4 nitrogen and oxygen atoms in total. The van der Waals surface area contributed by atoms with E-state index in [1.165, 1.54) is 0 Å². The normalized spacial score (nSPS) is 11.6. The Bertz CT molecular complexity index is 716. The van der Waals surface area contributed by atoms with Gasteiger partial charge in [0.1, 0.15) is 6.04 Å². The first-order valence-corrected chi connectivity index (χ1v) is 10.3. The molecule has 2 rings (SSSR count). The van der Waals surface area contributed by atoms with Gasteiger partial charge in [-0.05, 0) is 24.0 Å².